The van der Waals surface area contributed by atoms with Gasteiger partial charge in [0.1, 0.15) is 40.4 Å². The predicted molar refractivity (Wildman–Crippen MR) is 134 cm³/mol. The molecule has 2 atom stereocenters. The van der Waals surface area contributed by atoms with Crippen LogP contribution in [0.25, 0.3) is 22.4 Å². The molecular weight excluding hydrogens is 479 g/mol. The third-order valence-corrected chi connectivity index (χ3v) is 6.64. The highest BCUT2D eigenvalue weighted by Crippen LogP contribution is 2.45. The van der Waals surface area contributed by atoms with Gasteiger partial charge in [0, 0.05) is 25.0 Å². The van der Waals surface area contributed by atoms with Crippen molar-refractivity contribution in [3.63, 3.8) is 0 Å². The lowest BCUT2D eigenvalue weighted by Crippen LogP contribution is -2.41. The van der Waals surface area contributed by atoms with Crippen LogP contribution in [0, 0.1) is 12.7 Å². The zero-order chi connectivity index (χ0) is 26.5. The number of ether oxygens (including phenoxy) is 1. The first-order valence-corrected chi connectivity index (χ1v) is 11.6. The molecule has 0 aliphatic carbocycles. The Kier molecular flexibility index (Phi) is 5.71. The summed E-state index contributed by atoms with van der Waals surface area (Å²) in [6, 6.07) is 12.1. The Morgan fingerprint density at radius 2 is 1.95 bits per heavy atom. The van der Waals surface area contributed by atoms with Gasteiger partial charge in [-0.25, -0.2) is 14.4 Å². The first-order valence-electron chi connectivity index (χ1n) is 11.6. The quantitative estimate of drug-likeness (QED) is 0.364. The van der Waals surface area contributed by atoms with Gasteiger partial charge in [0.2, 0.25) is 5.91 Å². The highest BCUT2D eigenvalue weighted by molar-refractivity contribution is 5.97. The van der Waals surface area contributed by atoms with Gasteiger partial charge in [0.15, 0.2) is 11.5 Å². The Morgan fingerprint density at radius 3 is 2.65 bits per heavy atom. The molecule has 0 saturated heterocycles. The van der Waals surface area contributed by atoms with E-state index in [9.17, 15) is 19.1 Å². The van der Waals surface area contributed by atoms with Crippen LogP contribution in [0.15, 0.2) is 52.9 Å². The minimum Gasteiger partial charge on any atom is -0.489 e. The number of pyridine rings is 1. The molecule has 3 heterocycles. The van der Waals surface area contributed by atoms with E-state index >= 15 is 0 Å². The van der Waals surface area contributed by atoms with Crippen LogP contribution in [-0.4, -0.2) is 40.0 Å². The molecule has 0 fully saturated rings. The van der Waals surface area contributed by atoms with E-state index in [-0.39, 0.29) is 20.3 Å². The predicted octanol–water partition coefficient (Wildman–Crippen LogP) is 3.36. The smallest absolute Gasteiger partial charge is 0.251 e. The minimum atomic E-state index is -1.65. The van der Waals surface area contributed by atoms with Crippen LogP contribution in [0.5, 0.6) is 5.75 Å². The molecule has 0 spiro atoms. The molecule has 0 unspecified atom stereocenters. The lowest BCUT2D eigenvalue weighted by atomic mass is 9.82. The average Bonchev–Trinajstić information content (AvgIpc) is 3.41. The van der Waals surface area contributed by atoms with Gasteiger partial charge in [0.05, 0.1) is 12.2 Å². The largest absolute Gasteiger partial charge is 0.489 e. The number of nitrogens with two attached hydrogens (primary N) is 1. The summed E-state index contributed by atoms with van der Waals surface area (Å²) in [5.41, 5.74) is 5.85. The number of aliphatic hydroxyl groups is 1. The summed E-state index contributed by atoms with van der Waals surface area (Å²) in [6.45, 7) is 4.67. The summed E-state index contributed by atoms with van der Waals surface area (Å²) in [5.74, 6) is -0.622. The van der Waals surface area contributed by atoms with E-state index in [2.05, 4.69) is 15.3 Å². The molecule has 0 radical (unpaired) electrons. The van der Waals surface area contributed by atoms with Gasteiger partial charge in [-0.1, -0.05) is 0 Å². The second-order valence-electron chi connectivity index (χ2n) is 9.60. The van der Waals surface area contributed by atoms with Crippen molar-refractivity contribution in [1.82, 2.24) is 15.3 Å². The molecule has 4 aromatic rings. The zero-order valence-electron chi connectivity index (χ0n) is 20.5. The van der Waals surface area contributed by atoms with Gasteiger partial charge >= 0.3 is 0 Å². The van der Waals surface area contributed by atoms with E-state index < -0.39 is 28.6 Å². The Bertz CT molecular complexity index is 1550. The summed E-state index contributed by atoms with van der Waals surface area (Å²) in [6.07, 6.45) is 0. The average molecular weight is 507 g/mol. The van der Waals surface area contributed by atoms with E-state index in [1.807, 2.05) is 0 Å². The van der Waals surface area contributed by atoms with E-state index in [1.165, 1.54) is 31.2 Å². The van der Waals surface area contributed by atoms with Gasteiger partial charge in [0.25, 0.3) is 5.91 Å². The molecule has 2 amide bonds. The highest BCUT2D eigenvalue weighted by Gasteiger charge is 2.45. The SMILES string of the molecule is Cc1nc2ccc(C(=O)NC[C@](C)(O)c3cc4c(c(-c5ccc(F)cc5)n3)OC[C@]4(C)C(N)=O)cc2o1.[HH]. The van der Waals surface area contributed by atoms with Crippen LogP contribution in [0.2, 0.25) is 0 Å². The fourth-order valence-corrected chi connectivity index (χ4v) is 4.29. The van der Waals surface area contributed by atoms with E-state index in [0.29, 0.717) is 45.1 Å². The minimum absolute atomic E-state index is 0. The van der Waals surface area contributed by atoms with E-state index in [4.69, 9.17) is 14.9 Å². The number of hydrogen-bond acceptors (Lipinski definition) is 7. The zero-order valence-corrected chi connectivity index (χ0v) is 20.5. The summed E-state index contributed by atoms with van der Waals surface area (Å²) < 4.78 is 24.9. The number of halogens is 1. The summed E-state index contributed by atoms with van der Waals surface area (Å²) in [5, 5.41) is 14.1. The molecule has 9 nitrogen and oxygen atoms in total. The van der Waals surface area contributed by atoms with Gasteiger partial charge in [-0.3, -0.25) is 9.59 Å². The second-order valence-corrected chi connectivity index (χ2v) is 9.60. The van der Waals surface area contributed by atoms with Gasteiger partial charge in [-0.05, 0) is 62.4 Å². The van der Waals surface area contributed by atoms with Gasteiger partial charge in [-0.15, -0.1) is 0 Å². The molecule has 1 aliphatic heterocycles. The molecule has 0 saturated carbocycles. The topological polar surface area (TPSA) is 141 Å². The van der Waals surface area contributed by atoms with Crippen molar-refractivity contribution in [2.24, 2.45) is 5.73 Å². The van der Waals surface area contributed by atoms with E-state index in [1.54, 1.807) is 38.1 Å². The van der Waals surface area contributed by atoms with Crippen molar-refractivity contribution in [2.45, 2.75) is 31.8 Å². The van der Waals surface area contributed by atoms with Crippen molar-refractivity contribution in [2.75, 3.05) is 13.2 Å². The highest BCUT2D eigenvalue weighted by atomic mass is 19.1. The number of amides is 2. The molecular formula is C27H27FN4O5. The molecule has 0 bridgehead atoms. The first kappa shape index (κ1) is 24.4. The maximum atomic E-state index is 13.6. The number of primary amides is 1. The summed E-state index contributed by atoms with van der Waals surface area (Å²) in [4.78, 5) is 34.0. The Balaban J connectivity index is 0.00000336. The lowest BCUT2D eigenvalue weighted by Gasteiger charge is -2.26. The lowest BCUT2D eigenvalue weighted by molar-refractivity contribution is -0.123. The number of rotatable bonds is 6. The molecule has 2 aromatic carbocycles. The molecule has 1 aliphatic rings. The number of hydrogen-bond donors (Lipinski definition) is 3. The molecule has 5 rings (SSSR count). The second kappa shape index (κ2) is 8.67. The van der Waals surface area contributed by atoms with Crippen molar-refractivity contribution >= 4 is 22.9 Å². The molecule has 2 aromatic heterocycles. The monoisotopic (exact) mass is 506 g/mol. The van der Waals surface area contributed by atoms with Crippen LogP contribution in [0.1, 0.15) is 42.8 Å². The van der Waals surface area contributed by atoms with Crippen LogP contribution in [0.4, 0.5) is 4.39 Å². The maximum Gasteiger partial charge on any atom is 0.251 e. The van der Waals surface area contributed by atoms with Crippen LogP contribution in [0.3, 0.4) is 0 Å². The van der Waals surface area contributed by atoms with Crippen molar-refractivity contribution in [3.8, 4) is 17.0 Å². The number of fused-ring (bicyclic) bond motifs is 2. The number of aryl methyl sites for hydroxylation is 1. The van der Waals surface area contributed by atoms with Crippen molar-refractivity contribution < 1.29 is 29.7 Å². The fraction of sp³-hybridized carbons (Fsp3) is 0.259. The number of nitrogens with zero attached hydrogens (tertiary/aromatic N) is 2. The van der Waals surface area contributed by atoms with Crippen LogP contribution < -0.4 is 15.8 Å². The number of aromatic nitrogens is 2. The molecule has 37 heavy (non-hydrogen) atoms. The number of oxazole rings is 1. The Hall–Kier alpha value is -4.31. The Labute approximate surface area is 213 Å². The van der Waals surface area contributed by atoms with Gasteiger partial charge < -0.3 is 25.3 Å². The van der Waals surface area contributed by atoms with Crippen molar-refractivity contribution in [3.05, 3.63) is 77.1 Å². The third kappa shape index (κ3) is 4.29. The number of carbonyl (C=O) groups excluding carboxylic acids is 2. The van der Waals surface area contributed by atoms with E-state index in [0.717, 1.165) is 0 Å². The van der Waals surface area contributed by atoms with Crippen molar-refractivity contribution in [1.29, 1.82) is 0 Å². The standard InChI is InChI=1S/C27H25FN4O5.H2/c1-14-31-19-9-6-16(10-20(19)37-14)24(33)30-12-27(3,35)21-11-18-23(36-13-26(18,2)25(29)34)22(32-21)15-4-7-17(28)8-5-15;/h4-11,35H,12-13H2,1-3H3,(H2,29,34)(H,30,33);1H/t26-,27-;/m0./s1. The Morgan fingerprint density at radius 1 is 1.22 bits per heavy atom. The molecule has 4 N–H and O–H groups in total. The van der Waals surface area contributed by atoms with Crippen LogP contribution >= 0.6 is 0 Å². The number of carbonyl (C=O) groups is 2. The first-order chi connectivity index (χ1) is 17.5. The molecule has 10 heteroatoms. The fourth-order valence-electron chi connectivity index (χ4n) is 4.29. The maximum absolute atomic E-state index is 13.6. The summed E-state index contributed by atoms with van der Waals surface area (Å²) in [7, 11) is 0. The summed E-state index contributed by atoms with van der Waals surface area (Å²) >= 11 is 0. The molecule has 192 valence electrons. The third-order valence-electron chi connectivity index (χ3n) is 6.64. The van der Waals surface area contributed by atoms with Gasteiger partial charge in [-0.2, -0.15) is 0 Å². The number of benzene rings is 2. The normalized spacial score (nSPS) is 18.2. The van der Waals surface area contributed by atoms with Crippen LogP contribution in [-0.2, 0) is 15.8 Å². The number of nitrogens with one attached hydrogen (secondary N) is 1.